The first kappa shape index (κ1) is 17.3. The summed E-state index contributed by atoms with van der Waals surface area (Å²) in [6.07, 6.45) is -3.04. The number of alkyl halides is 3. The van der Waals surface area contributed by atoms with Crippen molar-refractivity contribution in [1.82, 2.24) is 4.98 Å². The van der Waals surface area contributed by atoms with Gasteiger partial charge in [-0.2, -0.15) is 13.2 Å². The minimum absolute atomic E-state index is 0.0371. The molecular formula is C16H12F3NO4. The zero-order valence-corrected chi connectivity index (χ0v) is 12.4. The lowest BCUT2D eigenvalue weighted by atomic mass is 10.1. The molecule has 8 heteroatoms. The van der Waals surface area contributed by atoms with E-state index in [-0.39, 0.29) is 22.8 Å². The average Bonchev–Trinajstić information content (AvgIpc) is 2.56. The number of halogens is 3. The lowest BCUT2D eigenvalue weighted by Gasteiger charge is -2.12. The number of nitrogens with zero attached hydrogens (tertiary/aromatic N) is 1. The molecule has 0 aliphatic rings. The number of aromatic nitrogens is 1. The Labute approximate surface area is 135 Å². The van der Waals surface area contributed by atoms with Gasteiger partial charge in [0.25, 0.3) is 0 Å². The van der Waals surface area contributed by atoms with Crippen LogP contribution in [0.3, 0.4) is 0 Å². The smallest absolute Gasteiger partial charge is 0.416 e. The maximum atomic E-state index is 12.7. The first-order chi connectivity index (χ1) is 11.4. The van der Waals surface area contributed by atoms with Crippen LogP contribution in [0.2, 0.25) is 0 Å². The maximum absolute atomic E-state index is 12.7. The molecule has 2 rings (SSSR count). The zero-order valence-electron chi connectivity index (χ0n) is 12.4. The average molecular weight is 339 g/mol. The van der Waals surface area contributed by atoms with Crippen molar-refractivity contribution in [2.75, 3.05) is 7.11 Å². The van der Waals surface area contributed by atoms with Gasteiger partial charge in [-0.05, 0) is 12.1 Å². The fourth-order valence-corrected chi connectivity index (χ4v) is 1.87. The van der Waals surface area contributed by atoms with Crippen molar-refractivity contribution >= 4 is 11.5 Å². The molecule has 2 aromatic rings. The van der Waals surface area contributed by atoms with E-state index in [1.54, 1.807) is 12.1 Å². The minimum Gasteiger partial charge on any atom is -0.515 e. The van der Waals surface area contributed by atoms with Crippen molar-refractivity contribution in [3.05, 3.63) is 60.0 Å². The Bertz CT molecular complexity index is 772. The number of aliphatic hydroxyl groups excluding tert-OH is 1. The molecule has 0 unspecified atom stereocenters. The molecule has 24 heavy (non-hydrogen) atoms. The molecule has 0 atom stereocenters. The minimum atomic E-state index is -4.54. The normalized spacial score (nSPS) is 11.9. The molecule has 0 fully saturated rings. The second kappa shape index (κ2) is 7.03. The molecule has 1 aromatic heterocycles. The summed E-state index contributed by atoms with van der Waals surface area (Å²) in [5, 5.41) is 9.24. The molecule has 1 heterocycles. The summed E-state index contributed by atoms with van der Waals surface area (Å²) < 4.78 is 48.1. The molecule has 0 saturated carbocycles. The zero-order chi connectivity index (χ0) is 17.7. The van der Waals surface area contributed by atoms with Crippen LogP contribution in [0.15, 0.2) is 48.9 Å². The van der Waals surface area contributed by atoms with E-state index in [4.69, 9.17) is 4.74 Å². The van der Waals surface area contributed by atoms with Gasteiger partial charge in [0, 0.05) is 17.8 Å². The summed E-state index contributed by atoms with van der Waals surface area (Å²) in [4.78, 5) is 15.4. The Kier molecular flexibility index (Phi) is 5.08. The third kappa shape index (κ3) is 3.83. The van der Waals surface area contributed by atoms with Crippen molar-refractivity contribution in [3.8, 4) is 11.6 Å². The van der Waals surface area contributed by atoms with Crippen molar-refractivity contribution in [3.63, 3.8) is 0 Å². The Hall–Kier alpha value is -3.03. The van der Waals surface area contributed by atoms with Crippen LogP contribution in [0.25, 0.3) is 5.57 Å². The number of ether oxygens (including phenoxy) is 2. The SMILES string of the molecule is COC(=O)/C(=C/O)c1ccccc1Oc1cc(C(F)(F)F)ccn1. The van der Waals surface area contributed by atoms with E-state index in [9.17, 15) is 23.1 Å². The third-order valence-corrected chi connectivity index (χ3v) is 2.99. The molecule has 0 bridgehead atoms. The second-order valence-corrected chi connectivity index (χ2v) is 4.51. The molecule has 0 radical (unpaired) electrons. The number of para-hydroxylation sites is 1. The standard InChI is InChI=1S/C16H12F3NO4/c1-23-15(22)12(9-21)11-4-2-3-5-13(11)24-14-8-10(6-7-20-14)16(17,18)19/h2-9,21H,1H3/b12-9+. The Morgan fingerprint density at radius 3 is 2.58 bits per heavy atom. The predicted octanol–water partition coefficient (Wildman–Crippen LogP) is 3.96. The van der Waals surface area contributed by atoms with Crippen molar-refractivity contribution in [2.45, 2.75) is 6.18 Å². The quantitative estimate of drug-likeness (QED) is 0.519. The Balaban J connectivity index is 2.40. The molecular weight excluding hydrogens is 327 g/mol. The highest BCUT2D eigenvalue weighted by Gasteiger charge is 2.31. The van der Waals surface area contributed by atoms with Crippen LogP contribution in [0.1, 0.15) is 11.1 Å². The monoisotopic (exact) mass is 339 g/mol. The third-order valence-electron chi connectivity index (χ3n) is 2.99. The van der Waals surface area contributed by atoms with Crippen LogP contribution < -0.4 is 4.74 Å². The van der Waals surface area contributed by atoms with Crippen LogP contribution in [0, 0.1) is 0 Å². The van der Waals surface area contributed by atoms with Crippen molar-refractivity contribution < 1.29 is 32.5 Å². The van der Waals surface area contributed by atoms with Gasteiger partial charge < -0.3 is 14.6 Å². The molecule has 126 valence electrons. The van der Waals surface area contributed by atoms with E-state index in [1.165, 1.54) is 12.1 Å². The van der Waals surface area contributed by atoms with Crippen LogP contribution in [0.4, 0.5) is 13.2 Å². The summed E-state index contributed by atoms with van der Waals surface area (Å²) in [7, 11) is 1.13. The number of hydrogen-bond donors (Lipinski definition) is 1. The van der Waals surface area contributed by atoms with Crippen LogP contribution in [0.5, 0.6) is 11.6 Å². The van der Waals surface area contributed by atoms with E-state index in [2.05, 4.69) is 9.72 Å². The highest BCUT2D eigenvalue weighted by atomic mass is 19.4. The molecule has 0 aliphatic heterocycles. The van der Waals surface area contributed by atoms with E-state index in [0.29, 0.717) is 6.26 Å². The van der Waals surface area contributed by atoms with Crippen molar-refractivity contribution in [2.24, 2.45) is 0 Å². The van der Waals surface area contributed by atoms with E-state index < -0.39 is 17.7 Å². The van der Waals surface area contributed by atoms with Crippen LogP contribution >= 0.6 is 0 Å². The summed E-state index contributed by atoms with van der Waals surface area (Å²) in [5.41, 5.74) is -0.984. The molecule has 1 N–H and O–H groups in total. The number of carbonyl (C=O) groups excluding carboxylic acids is 1. The van der Waals surface area contributed by atoms with Gasteiger partial charge in [0.2, 0.25) is 5.88 Å². The van der Waals surface area contributed by atoms with E-state index in [1.807, 2.05) is 0 Å². The largest absolute Gasteiger partial charge is 0.515 e. The van der Waals surface area contributed by atoms with Gasteiger partial charge in [-0.25, -0.2) is 9.78 Å². The van der Waals surface area contributed by atoms with Crippen LogP contribution in [-0.2, 0) is 15.7 Å². The molecule has 0 amide bonds. The topological polar surface area (TPSA) is 68.7 Å². The number of hydrogen-bond acceptors (Lipinski definition) is 5. The number of rotatable bonds is 4. The number of pyridine rings is 1. The fraction of sp³-hybridized carbons (Fsp3) is 0.125. The highest BCUT2D eigenvalue weighted by molar-refractivity contribution is 6.16. The molecule has 1 aromatic carbocycles. The predicted molar refractivity (Wildman–Crippen MR) is 78.4 cm³/mol. The van der Waals surface area contributed by atoms with Gasteiger partial charge in [0.15, 0.2) is 0 Å². The maximum Gasteiger partial charge on any atom is 0.416 e. The van der Waals surface area contributed by atoms with Gasteiger partial charge in [-0.15, -0.1) is 0 Å². The molecule has 0 aliphatic carbocycles. The Morgan fingerprint density at radius 1 is 1.25 bits per heavy atom. The fourth-order valence-electron chi connectivity index (χ4n) is 1.87. The summed E-state index contributed by atoms with van der Waals surface area (Å²) in [6, 6.07) is 7.53. The summed E-state index contributed by atoms with van der Waals surface area (Å²) >= 11 is 0. The van der Waals surface area contributed by atoms with Gasteiger partial charge in [-0.1, -0.05) is 18.2 Å². The van der Waals surface area contributed by atoms with Gasteiger partial charge >= 0.3 is 12.1 Å². The van der Waals surface area contributed by atoms with Gasteiger partial charge in [-0.3, -0.25) is 0 Å². The lowest BCUT2D eigenvalue weighted by Crippen LogP contribution is -2.07. The van der Waals surface area contributed by atoms with E-state index >= 15 is 0 Å². The van der Waals surface area contributed by atoms with Crippen molar-refractivity contribution in [1.29, 1.82) is 0 Å². The molecule has 5 nitrogen and oxygen atoms in total. The van der Waals surface area contributed by atoms with Gasteiger partial charge in [0.05, 0.1) is 18.9 Å². The first-order valence-corrected chi connectivity index (χ1v) is 6.60. The summed E-state index contributed by atoms with van der Waals surface area (Å²) in [5.74, 6) is -1.10. The summed E-state index contributed by atoms with van der Waals surface area (Å²) in [6.45, 7) is 0. The number of aliphatic hydroxyl groups is 1. The number of esters is 1. The number of carbonyl (C=O) groups is 1. The van der Waals surface area contributed by atoms with Gasteiger partial charge in [0.1, 0.15) is 11.3 Å². The number of methoxy groups -OCH3 is 1. The number of benzene rings is 1. The molecule has 0 spiro atoms. The first-order valence-electron chi connectivity index (χ1n) is 6.60. The second-order valence-electron chi connectivity index (χ2n) is 4.51. The molecule has 0 saturated heterocycles. The lowest BCUT2D eigenvalue weighted by molar-refractivity contribution is -0.137. The highest BCUT2D eigenvalue weighted by Crippen LogP contribution is 2.33. The van der Waals surface area contributed by atoms with E-state index in [0.717, 1.165) is 25.4 Å². The van der Waals surface area contributed by atoms with Crippen LogP contribution in [-0.4, -0.2) is 23.2 Å². The Morgan fingerprint density at radius 2 is 1.96 bits per heavy atom.